The molecular weight excluding hydrogens is 198 g/mol. The van der Waals surface area contributed by atoms with Gasteiger partial charge in [-0.05, 0) is 13.0 Å². The zero-order chi connectivity index (χ0) is 11.3. The van der Waals surface area contributed by atoms with Crippen LogP contribution in [0, 0.1) is 11.3 Å². The molecule has 1 rings (SSSR count). The Bertz CT molecular complexity index is 403. The zero-order valence-electron chi connectivity index (χ0n) is 7.99. The highest BCUT2D eigenvalue weighted by Gasteiger charge is 2.09. The Balaban J connectivity index is 2.64. The van der Waals surface area contributed by atoms with E-state index in [1.807, 2.05) is 0 Å². The van der Waals surface area contributed by atoms with Crippen molar-refractivity contribution in [3.63, 3.8) is 0 Å². The summed E-state index contributed by atoms with van der Waals surface area (Å²) in [7, 11) is 0. The van der Waals surface area contributed by atoms with E-state index in [0.29, 0.717) is 0 Å². The summed E-state index contributed by atoms with van der Waals surface area (Å²) in [6.45, 7) is 1.66. The number of carbonyl (C=O) groups is 1. The van der Waals surface area contributed by atoms with Crippen LogP contribution in [0.5, 0.6) is 0 Å². The Kier molecular flexibility index (Phi) is 3.40. The SMILES string of the molecule is CC(ON=C(C#N)C(N)=O)n1cccn1. The van der Waals surface area contributed by atoms with E-state index in [0.717, 1.165) is 0 Å². The van der Waals surface area contributed by atoms with Crippen LogP contribution < -0.4 is 5.73 Å². The highest BCUT2D eigenvalue weighted by molar-refractivity contribution is 6.44. The fourth-order valence-electron chi connectivity index (χ4n) is 0.793. The summed E-state index contributed by atoms with van der Waals surface area (Å²) in [6, 6.07) is 3.23. The third-order valence-electron chi connectivity index (χ3n) is 1.53. The molecule has 1 aromatic heterocycles. The van der Waals surface area contributed by atoms with Crippen LogP contribution in [0.3, 0.4) is 0 Å². The molecule has 1 aromatic rings. The van der Waals surface area contributed by atoms with Crippen molar-refractivity contribution in [2.24, 2.45) is 10.9 Å². The van der Waals surface area contributed by atoms with Crippen molar-refractivity contribution in [1.82, 2.24) is 9.78 Å². The molecule has 2 N–H and O–H groups in total. The molecule has 0 aliphatic carbocycles. The number of aromatic nitrogens is 2. The van der Waals surface area contributed by atoms with E-state index in [1.54, 1.807) is 25.4 Å². The normalized spacial score (nSPS) is 12.9. The number of nitrogens with two attached hydrogens (primary N) is 1. The van der Waals surface area contributed by atoms with Gasteiger partial charge < -0.3 is 10.6 Å². The molecule has 15 heavy (non-hydrogen) atoms. The minimum absolute atomic E-state index is 0.478. The lowest BCUT2D eigenvalue weighted by Gasteiger charge is -2.09. The first-order chi connectivity index (χ1) is 7.15. The second kappa shape index (κ2) is 4.76. The minimum Gasteiger partial charge on any atom is -0.368 e. The van der Waals surface area contributed by atoms with Crippen molar-refractivity contribution >= 4 is 11.6 Å². The molecule has 1 amide bonds. The lowest BCUT2D eigenvalue weighted by Crippen LogP contribution is -2.22. The van der Waals surface area contributed by atoms with Crippen LogP contribution in [0.4, 0.5) is 0 Å². The molecule has 1 unspecified atom stereocenters. The van der Waals surface area contributed by atoms with Crippen molar-refractivity contribution in [2.75, 3.05) is 0 Å². The van der Waals surface area contributed by atoms with E-state index >= 15 is 0 Å². The first kappa shape index (κ1) is 10.7. The van der Waals surface area contributed by atoms with Crippen molar-refractivity contribution in [1.29, 1.82) is 5.26 Å². The molecular formula is C8H9N5O2. The van der Waals surface area contributed by atoms with Crippen LogP contribution in [0.2, 0.25) is 0 Å². The van der Waals surface area contributed by atoms with E-state index in [9.17, 15) is 4.79 Å². The molecule has 7 nitrogen and oxygen atoms in total. The maximum atomic E-state index is 10.6. The van der Waals surface area contributed by atoms with Crippen LogP contribution in [-0.4, -0.2) is 21.4 Å². The molecule has 1 atom stereocenters. The van der Waals surface area contributed by atoms with Gasteiger partial charge >= 0.3 is 0 Å². The van der Waals surface area contributed by atoms with Crippen LogP contribution in [0.15, 0.2) is 23.6 Å². The van der Waals surface area contributed by atoms with Gasteiger partial charge in [0.05, 0.1) is 0 Å². The smallest absolute Gasteiger partial charge is 0.281 e. The van der Waals surface area contributed by atoms with E-state index in [-0.39, 0.29) is 0 Å². The van der Waals surface area contributed by atoms with Gasteiger partial charge in [0.25, 0.3) is 5.91 Å². The third-order valence-corrected chi connectivity index (χ3v) is 1.53. The Morgan fingerprint density at radius 3 is 3.00 bits per heavy atom. The van der Waals surface area contributed by atoms with E-state index in [4.69, 9.17) is 15.8 Å². The summed E-state index contributed by atoms with van der Waals surface area (Å²) in [6.07, 6.45) is 2.72. The van der Waals surface area contributed by atoms with Gasteiger partial charge in [0.2, 0.25) is 11.9 Å². The van der Waals surface area contributed by atoms with Gasteiger partial charge in [0.15, 0.2) is 0 Å². The van der Waals surface area contributed by atoms with Crippen LogP contribution in [0.25, 0.3) is 0 Å². The van der Waals surface area contributed by atoms with Gasteiger partial charge in [0.1, 0.15) is 6.07 Å². The number of rotatable bonds is 4. The molecule has 7 heteroatoms. The number of oxime groups is 1. The molecule has 0 bridgehead atoms. The monoisotopic (exact) mass is 207 g/mol. The Morgan fingerprint density at radius 1 is 1.80 bits per heavy atom. The van der Waals surface area contributed by atoms with Gasteiger partial charge in [-0.1, -0.05) is 5.16 Å². The molecule has 78 valence electrons. The van der Waals surface area contributed by atoms with Crippen LogP contribution >= 0.6 is 0 Å². The molecule has 1 heterocycles. The minimum atomic E-state index is -0.926. The zero-order valence-corrected chi connectivity index (χ0v) is 7.99. The largest absolute Gasteiger partial charge is 0.368 e. The first-order valence-corrected chi connectivity index (χ1v) is 4.08. The average Bonchev–Trinajstić information content (AvgIpc) is 2.70. The Labute approximate surface area is 85.7 Å². The lowest BCUT2D eigenvalue weighted by atomic mass is 10.4. The van der Waals surface area contributed by atoms with Crippen molar-refractivity contribution < 1.29 is 9.63 Å². The summed E-state index contributed by atoms with van der Waals surface area (Å²) in [5.74, 6) is -0.926. The van der Waals surface area contributed by atoms with Gasteiger partial charge in [-0.15, -0.1) is 0 Å². The molecule has 0 aliphatic heterocycles. The van der Waals surface area contributed by atoms with Crippen molar-refractivity contribution in [2.45, 2.75) is 13.2 Å². The quantitative estimate of drug-likeness (QED) is 0.544. The molecule has 0 fully saturated rings. The average molecular weight is 207 g/mol. The fraction of sp³-hybridized carbons (Fsp3) is 0.250. The first-order valence-electron chi connectivity index (χ1n) is 4.08. The Hall–Kier alpha value is -2.36. The second-order valence-electron chi connectivity index (χ2n) is 2.61. The summed E-state index contributed by atoms with van der Waals surface area (Å²) >= 11 is 0. The van der Waals surface area contributed by atoms with Crippen LogP contribution in [0.1, 0.15) is 13.2 Å². The number of amides is 1. The number of nitrogens with zero attached hydrogens (tertiary/aromatic N) is 4. The number of nitriles is 1. The standard InChI is InChI=1S/C8H9N5O2/c1-6(13-4-2-3-11-13)15-12-7(5-9)8(10)14/h2-4,6H,1H3,(H2,10,14). The predicted octanol–water partition coefficient (Wildman–Crippen LogP) is -0.217. The summed E-state index contributed by atoms with van der Waals surface area (Å²) in [5, 5.41) is 15.7. The molecule has 0 spiro atoms. The molecule has 0 aromatic carbocycles. The number of hydrogen-bond acceptors (Lipinski definition) is 5. The number of primary amides is 1. The van der Waals surface area contributed by atoms with Gasteiger partial charge in [-0.2, -0.15) is 10.4 Å². The van der Waals surface area contributed by atoms with Crippen molar-refractivity contribution in [3.8, 4) is 6.07 Å². The van der Waals surface area contributed by atoms with E-state index < -0.39 is 17.8 Å². The number of carbonyl (C=O) groups excluding carboxylic acids is 1. The van der Waals surface area contributed by atoms with E-state index in [1.165, 1.54) is 10.8 Å². The van der Waals surface area contributed by atoms with Gasteiger partial charge in [-0.3, -0.25) is 4.79 Å². The second-order valence-corrected chi connectivity index (χ2v) is 2.61. The molecule has 0 radical (unpaired) electrons. The Morgan fingerprint density at radius 2 is 2.53 bits per heavy atom. The maximum Gasteiger partial charge on any atom is 0.281 e. The highest BCUT2D eigenvalue weighted by atomic mass is 16.6. The topological polar surface area (TPSA) is 106 Å². The molecule has 0 saturated carbocycles. The van der Waals surface area contributed by atoms with Crippen molar-refractivity contribution in [3.05, 3.63) is 18.5 Å². The molecule has 0 aliphatic rings. The van der Waals surface area contributed by atoms with Gasteiger partial charge in [0, 0.05) is 12.4 Å². The third kappa shape index (κ3) is 2.80. The summed E-state index contributed by atoms with van der Waals surface area (Å²) < 4.78 is 1.47. The summed E-state index contributed by atoms with van der Waals surface area (Å²) in [4.78, 5) is 15.5. The van der Waals surface area contributed by atoms with E-state index in [2.05, 4.69) is 10.3 Å². The summed E-state index contributed by atoms with van der Waals surface area (Å²) in [5.41, 5.74) is 4.38. The number of hydrogen-bond donors (Lipinski definition) is 1. The predicted molar refractivity (Wildman–Crippen MR) is 50.3 cm³/mol. The lowest BCUT2D eigenvalue weighted by molar-refractivity contribution is -0.112. The van der Waals surface area contributed by atoms with Gasteiger partial charge in [-0.25, -0.2) is 4.68 Å². The fourth-order valence-corrected chi connectivity index (χ4v) is 0.793. The van der Waals surface area contributed by atoms with Crippen LogP contribution in [-0.2, 0) is 9.63 Å². The molecule has 0 saturated heterocycles. The highest BCUT2D eigenvalue weighted by Crippen LogP contribution is 2.05. The maximum absolute atomic E-state index is 10.6.